The number of rotatable bonds is 7. The maximum Gasteiger partial charge on any atom is 0.161 e. The maximum absolute atomic E-state index is 5.65. The molecular formula is C26H28BrNO4. The third-order valence-electron chi connectivity index (χ3n) is 6.00. The SMILES string of the molecule is COc1cc(Br)c(C2c3cc(OC)c(OC)cc3CCN2Cc2ccccc2)cc1OC. The topological polar surface area (TPSA) is 40.2 Å². The normalized spacial score (nSPS) is 15.7. The molecule has 0 amide bonds. The predicted molar refractivity (Wildman–Crippen MR) is 129 cm³/mol. The van der Waals surface area contributed by atoms with Crippen molar-refractivity contribution in [3.63, 3.8) is 0 Å². The van der Waals surface area contributed by atoms with Gasteiger partial charge in [-0.1, -0.05) is 46.3 Å². The van der Waals surface area contributed by atoms with E-state index in [-0.39, 0.29) is 6.04 Å². The Kier molecular flexibility index (Phi) is 6.92. The van der Waals surface area contributed by atoms with Crippen molar-refractivity contribution >= 4 is 15.9 Å². The van der Waals surface area contributed by atoms with Gasteiger partial charge in [-0.2, -0.15) is 0 Å². The Balaban J connectivity index is 1.88. The van der Waals surface area contributed by atoms with Crippen molar-refractivity contribution in [3.8, 4) is 23.0 Å². The van der Waals surface area contributed by atoms with E-state index < -0.39 is 0 Å². The molecule has 3 aromatic carbocycles. The number of hydrogen-bond donors (Lipinski definition) is 0. The Hall–Kier alpha value is -2.70. The molecule has 6 heteroatoms. The van der Waals surface area contributed by atoms with Gasteiger partial charge >= 0.3 is 0 Å². The fourth-order valence-corrected chi connectivity index (χ4v) is 4.97. The van der Waals surface area contributed by atoms with Gasteiger partial charge in [0.15, 0.2) is 23.0 Å². The van der Waals surface area contributed by atoms with Gasteiger partial charge in [-0.25, -0.2) is 0 Å². The van der Waals surface area contributed by atoms with Crippen LogP contribution >= 0.6 is 15.9 Å². The van der Waals surface area contributed by atoms with Crippen molar-refractivity contribution < 1.29 is 18.9 Å². The second-order valence-electron chi connectivity index (χ2n) is 7.74. The highest BCUT2D eigenvalue weighted by molar-refractivity contribution is 9.10. The van der Waals surface area contributed by atoms with E-state index >= 15 is 0 Å². The van der Waals surface area contributed by atoms with E-state index in [4.69, 9.17) is 18.9 Å². The molecule has 3 aromatic rings. The smallest absolute Gasteiger partial charge is 0.161 e. The molecule has 0 saturated carbocycles. The molecule has 1 heterocycles. The minimum atomic E-state index is 0.00735. The minimum absolute atomic E-state index is 0.00735. The molecule has 1 aliphatic rings. The Labute approximate surface area is 198 Å². The molecule has 0 saturated heterocycles. The number of nitrogens with zero attached hydrogens (tertiary/aromatic N) is 1. The summed E-state index contributed by atoms with van der Waals surface area (Å²) >= 11 is 3.80. The molecule has 0 fully saturated rings. The van der Waals surface area contributed by atoms with Crippen molar-refractivity contribution in [2.24, 2.45) is 0 Å². The third kappa shape index (κ3) is 4.30. The van der Waals surface area contributed by atoms with E-state index in [9.17, 15) is 0 Å². The molecule has 5 nitrogen and oxygen atoms in total. The van der Waals surface area contributed by atoms with Gasteiger partial charge in [0.2, 0.25) is 0 Å². The van der Waals surface area contributed by atoms with Crippen LogP contribution in [0.2, 0.25) is 0 Å². The lowest BCUT2D eigenvalue weighted by Crippen LogP contribution is -2.36. The molecule has 0 radical (unpaired) electrons. The molecule has 0 bridgehead atoms. The Morgan fingerprint density at radius 2 is 1.34 bits per heavy atom. The molecule has 0 aliphatic carbocycles. The van der Waals surface area contributed by atoms with Gasteiger partial charge in [-0.15, -0.1) is 0 Å². The average Bonchev–Trinajstić information content (AvgIpc) is 2.83. The summed E-state index contributed by atoms with van der Waals surface area (Å²) < 4.78 is 23.3. The summed E-state index contributed by atoms with van der Waals surface area (Å²) in [6.45, 7) is 1.75. The van der Waals surface area contributed by atoms with Crippen molar-refractivity contribution in [3.05, 3.63) is 81.3 Å². The summed E-state index contributed by atoms with van der Waals surface area (Å²) in [4.78, 5) is 2.50. The van der Waals surface area contributed by atoms with Crippen LogP contribution in [0.15, 0.2) is 59.1 Å². The van der Waals surface area contributed by atoms with Crippen LogP contribution in [0.5, 0.6) is 23.0 Å². The zero-order valence-electron chi connectivity index (χ0n) is 18.9. The van der Waals surface area contributed by atoms with Crippen LogP contribution in [0.25, 0.3) is 0 Å². The number of benzene rings is 3. The van der Waals surface area contributed by atoms with Crippen LogP contribution in [0.3, 0.4) is 0 Å². The van der Waals surface area contributed by atoms with Gasteiger partial charge in [-0.05, 0) is 52.9 Å². The Bertz CT molecular complexity index is 1090. The first-order valence-corrected chi connectivity index (χ1v) is 11.3. The predicted octanol–water partition coefficient (Wildman–Crippen LogP) is 5.63. The first-order chi connectivity index (χ1) is 15.6. The Morgan fingerprint density at radius 1 is 0.781 bits per heavy atom. The van der Waals surface area contributed by atoms with E-state index in [1.54, 1.807) is 28.4 Å². The molecule has 1 unspecified atom stereocenters. The molecule has 1 atom stereocenters. The zero-order valence-corrected chi connectivity index (χ0v) is 20.4. The minimum Gasteiger partial charge on any atom is -0.493 e. The highest BCUT2D eigenvalue weighted by Crippen LogP contribution is 2.45. The van der Waals surface area contributed by atoms with E-state index in [0.717, 1.165) is 41.0 Å². The standard InChI is InChI=1S/C26H28BrNO4/c1-29-22-12-18-10-11-28(16-17-8-6-5-7-9-17)26(19(18)13-23(22)30-2)20-14-24(31-3)25(32-4)15-21(20)27/h5-9,12-15,26H,10-11,16H2,1-4H3. The monoisotopic (exact) mass is 497 g/mol. The fourth-order valence-electron chi connectivity index (χ4n) is 4.43. The summed E-state index contributed by atoms with van der Waals surface area (Å²) in [5, 5.41) is 0. The van der Waals surface area contributed by atoms with Crippen LogP contribution in [0, 0.1) is 0 Å². The summed E-state index contributed by atoms with van der Waals surface area (Å²) in [5.74, 6) is 2.89. The lowest BCUT2D eigenvalue weighted by molar-refractivity contribution is 0.202. The zero-order chi connectivity index (χ0) is 22.7. The molecule has 0 spiro atoms. The summed E-state index contributed by atoms with van der Waals surface area (Å²) in [7, 11) is 6.67. The number of halogens is 1. The molecule has 0 N–H and O–H groups in total. The lowest BCUT2D eigenvalue weighted by atomic mass is 9.87. The third-order valence-corrected chi connectivity index (χ3v) is 6.69. The van der Waals surface area contributed by atoms with E-state index in [1.165, 1.54) is 16.7 Å². The molecule has 0 aromatic heterocycles. The first-order valence-electron chi connectivity index (χ1n) is 10.5. The van der Waals surface area contributed by atoms with Crippen LogP contribution in [0.1, 0.15) is 28.3 Å². The molecule has 1 aliphatic heterocycles. The van der Waals surface area contributed by atoms with Gasteiger partial charge in [0, 0.05) is 17.6 Å². The largest absolute Gasteiger partial charge is 0.493 e. The van der Waals surface area contributed by atoms with Crippen LogP contribution in [-0.2, 0) is 13.0 Å². The van der Waals surface area contributed by atoms with Crippen molar-refractivity contribution in [1.29, 1.82) is 0 Å². The first kappa shape index (κ1) is 22.5. The summed E-state index contributed by atoms with van der Waals surface area (Å²) in [6, 6.07) is 18.8. The fraction of sp³-hybridized carbons (Fsp3) is 0.308. The number of fused-ring (bicyclic) bond motifs is 1. The quantitative estimate of drug-likeness (QED) is 0.422. The van der Waals surface area contributed by atoms with Crippen LogP contribution in [0.4, 0.5) is 0 Å². The summed E-state index contributed by atoms with van der Waals surface area (Å²) in [5.41, 5.74) is 4.86. The van der Waals surface area contributed by atoms with Crippen LogP contribution in [-0.4, -0.2) is 39.9 Å². The second-order valence-corrected chi connectivity index (χ2v) is 8.60. The summed E-state index contributed by atoms with van der Waals surface area (Å²) in [6.07, 6.45) is 0.934. The van der Waals surface area contributed by atoms with Gasteiger partial charge in [-0.3, -0.25) is 4.90 Å². The van der Waals surface area contributed by atoms with Gasteiger partial charge in [0.05, 0.1) is 34.5 Å². The highest BCUT2D eigenvalue weighted by atomic mass is 79.9. The second kappa shape index (κ2) is 9.84. The molecule has 168 valence electrons. The number of ether oxygens (including phenoxy) is 4. The molecule has 32 heavy (non-hydrogen) atoms. The maximum atomic E-state index is 5.65. The van der Waals surface area contributed by atoms with Gasteiger partial charge < -0.3 is 18.9 Å². The van der Waals surface area contributed by atoms with Crippen molar-refractivity contribution in [2.45, 2.75) is 19.0 Å². The van der Waals surface area contributed by atoms with Crippen molar-refractivity contribution in [1.82, 2.24) is 4.90 Å². The Morgan fingerprint density at radius 3 is 1.97 bits per heavy atom. The van der Waals surface area contributed by atoms with E-state index in [2.05, 4.69) is 69.4 Å². The van der Waals surface area contributed by atoms with E-state index in [1.807, 2.05) is 6.07 Å². The lowest BCUT2D eigenvalue weighted by Gasteiger charge is -2.39. The molecule has 4 rings (SSSR count). The van der Waals surface area contributed by atoms with Crippen LogP contribution < -0.4 is 18.9 Å². The van der Waals surface area contributed by atoms with E-state index in [0.29, 0.717) is 11.5 Å². The van der Waals surface area contributed by atoms with Gasteiger partial charge in [0.25, 0.3) is 0 Å². The number of methoxy groups -OCH3 is 4. The van der Waals surface area contributed by atoms with Crippen molar-refractivity contribution in [2.75, 3.05) is 35.0 Å². The molecular weight excluding hydrogens is 470 g/mol. The van der Waals surface area contributed by atoms with Gasteiger partial charge in [0.1, 0.15) is 0 Å². The highest BCUT2D eigenvalue weighted by Gasteiger charge is 2.32. The average molecular weight is 498 g/mol. The number of hydrogen-bond acceptors (Lipinski definition) is 5.